The Bertz CT molecular complexity index is 1020. The van der Waals surface area contributed by atoms with E-state index >= 15 is 0 Å². The summed E-state index contributed by atoms with van der Waals surface area (Å²) in [4.78, 5) is 0. The zero-order chi connectivity index (χ0) is 19.0. The Hall–Kier alpha value is -3.22. The summed E-state index contributed by atoms with van der Waals surface area (Å²) in [5, 5.41) is 20.1. The third-order valence-electron chi connectivity index (χ3n) is 4.35. The van der Waals surface area contributed by atoms with Crippen molar-refractivity contribution in [2.75, 3.05) is 5.23 Å². The van der Waals surface area contributed by atoms with E-state index in [0.29, 0.717) is 17.1 Å². The average Bonchev–Trinajstić information content (AvgIpc) is 3.38. The van der Waals surface area contributed by atoms with Crippen LogP contribution in [0.3, 0.4) is 0 Å². The molecule has 0 spiro atoms. The minimum atomic E-state index is -0.321. The van der Waals surface area contributed by atoms with E-state index in [9.17, 15) is 5.21 Å². The Labute approximate surface area is 155 Å². The molecule has 0 aliphatic heterocycles. The molecule has 6 heteroatoms. The van der Waals surface area contributed by atoms with Crippen LogP contribution in [0.2, 0.25) is 0 Å². The molecule has 3 aromatic heterocycles. The highest BCUT2D eigenvalue weighted by Gasteiger charge is 2.26. The summed E-state index contributed by atoms with van der Waals surface area (Å²) in [6.45, 7) is 3.77. The van der Waals surface area contributed by atoms with Gasteiger partial charge in [-0.1, -0.05) is 12.1 Å². The molecule has 1 aromatic carbocycles. The van der Waals surface area contributed by atoms with Gasteiger partial charge < -0.3 is 23.7 Å². The third-order valence-corrected chi connectivity index (χ3v) is 4.35. The van der Waals surface area contributed by atoms with Crippen LogP contribution in [-0.4, -0.2) is 5.21 Å². The van der Waals surface area contributed by atoms with Gasteiger partial charge in [0, 0.05) is 5.56 Å². The summed E-state index contributed by atoms with van der Waals surface area (Å²) in [5.74, 6) is 3.95. The minimum absolute atomic E-state index is 0.130. The van der Waals surface area contributed by atoms with Crippen molar-refractivity contribution in [2.24, 2.45) is 0 Å². The first kappa shape index (κ1) is 17.2. The van der Waals surface area contributed by atoms with E-state index in [1.165, 1.54) is 6.07 Å². The standard InChI is InChI=1S/C21H18NO5/c1-13-6-8-18(25-13)21(19-9-7-14(2)26-19)20-11-10-17(27-20)15-4-3-5-16(12-15)22(23)24/h3-12,21,23H,1-2H3/q-1. The van der Waals surface area contributed by atoms with Gasteiger partial charge in [-0.15, -0.1) is 0 Å². The van der Waals surface area contributed by atoms with Crippen molar-refractivity contribution in [3.8, 4) is 11.3 Å². The molecule has 6 nitrogen and oxygen atoms in total. The van der Waals surface area contributed by atoms with E-state index < -0.39 is 0 Å². The highest BCUT2D eigenvalue weighted by Crippen LogP contribution is 2.37. The normalized spacial score (nSPS) is 11.3. The Morgan fingerprint density at radius 3 is 1.96 bits per heavy atom. The number of furan rings is 3. The van der Waals surface area contributed by atoms with E-state index in [4.69, 9.17) is 18.5 Å². The number of aryl methyl sites for hydroxylation is 2. The molecule has 0 aliphatic rings. The van der Waals surface area contributed by atoms with E-state index in [2.05, 4.69) is 0 Å². The largest absolute Gasteiger partial charge is 0.733 e. The molecule has 27 heavy (non-hydrogen) atoms. The molecule has 0 saturated carbocycles. The van der Waals surface area contributed by atoms with Gasteiger partial charge in [0.25, 0.3) is 0 Å². The summed E-state index contributed by atoms with van der Waals surface area (Å²) in [5.41, 5.74) is 0.809. The van der Waals surface area contributed by atoms with Crippen LogP contribution in [-0.2, 0) is 0 Å². The monoisotopic (exact) mass is 364 g/mol. The average molecular weight is 364 g/mol. The Morgan fingerprint density at radius 1 is 0.815 bits per heavy atom. The van der Waals surface area contributed by atoms with E-state index in [1.807, 2.05) is 50.2 Å². The molecule has 3 heterocycles. The maximum Gasteiger partial charge on any atom is 0.134 e. The summed E-state index contributed by atoms with van der Waals surface area (Å²) in [6.07, 6.45) is 0. The van der Waals surface area contributed by atoms with E-state index in [1.54, 1.807) is 18.2 Å². The number of benzene rings is 1. The zero-order valence-corrected chi connectivity index (χ0v) is 14.9. The molecule has 0 amide bonds. The molecular weight excluding hydrogens is 346 g/mol. The lowest BCUT2D eigenvalue weighted by Gasteiger charge is -2.21. The first-order valence-corrected chi connectivity index (χ1v) is 8.50. The Morgan fingerprint density at radius 2 is 1.41 bits per heavy atom. The predicted molar refractivity (Wildman–Crippen MR) is 99.6 cm³/mol. The molecule has 0 aliphatic carbocycles. The van der Waals surface area contributed by atoms with Gasteiger partial charge in [0.05, 0.1) is 5.69 Å². The summed E-state index contributed by atoms with van der Waals surface area (Å²) >= 11 is 0. The molecule has 138 valence electrons. The van der Waals surface area contributed by atoms with Crippen LogP contribution < -0.4 is 5.23 Å². The lowest BCUT2D eigenvalue weighted by atomic mass is 10.0. The van der Waals surface area contributed by atoms with Gasteiger partial charge in [0.15, 0.2) is 0 Å². The van der Waals surface area contributed by atoms with Gasteiger partial charge in [-0.3, -0.25) is 5.21 Å². The topological polar surface area (TPSA) is 86.0 Å². The molecule has 1 N–H and O–H groups in total. The second-order valence-electron chi connectivity index (χ2n) is 6.36. The molecular formula is C21H18NO5-. The van der Waals surface area contributed by atoms with Gasteiger partial charge in [0.1, 0.15) is 40.5 Å². The van der Waals surface area contributed by atoms with Gasteiger partial charge >= 0.3 is 0 Å². The van der Waals surface area contributed by atoms with Crippen LogP contribution in [0.4, 0.5) is 5.69 Å². The zero-order valence-electron chi connectivity index (χ0n) is 14.9. The van der Waals surface area contributed by atoms with Crippen molar-refractivity contribution >= 4 is 5.69 Å². The molecule has 0 atom stereocenters. The van der Waals surface area contributed by atoms with Crippen LogP contribution in [0.1, 0.15) is 34.7 Å². The molecule has 4 aromatic rings. The summed E-state index contributed by atoms with van der Waals surface area (Å²) in [6, 6.07) is 17.8. The SMILES string of the molecule is Cc1ccc(C(c2ccc(C)o2)c2ccc(-c3cccc(N([O-])O)c3)o2)o1. The first-order valence-electron chi connectivity index (χ1n) is 8.50. The van der Waals surface area contributed by atoms with Crippen molar-refractivity contribution < 1.29 is 18.5 Å². The molecule has 0 saturated heterocycles. The quantitative estimate of drug-likeness (QED) is 0.462. The van der Waals surface area contributed by atoms with Crippen molar-refractivity contribution in [1.29, 1.82) is 0 Å². The smallest absolute Gasteiger partial charge is 0.134 e. The number of hydrogen-bond donors (Lipinski definition) is 1. The van der Waals surface area contributed by atoms with Crippen molar-refractivity contribution in [1.82, 2.24) is 0 Å². The lowest BCUT2D eigenvalue weighted by Crippen LogP contribution is -2.06. The fraction of sp³-hybridized carbons (Fsp3) is 0.143. The van der Waals surface area contributed by atoms with Gasteiger partial charge in [-0.2, -0.15) is 0 Å². The number of hydrogen-bond acceptors (Lipinski definition) is 6. The number of nitrogens with zero attached hydrogens (tertiary/aromatic N) is 1. The second kappa shape index (κ2) is 6.83. The molecule has 0 bridgehead atoms. The molecule has 0 fully saturated rings. The van der Waals surface area contributed by atoms with Gasteiger partial charge in [-0.05, 0) is 62.4 Å². The van der Waals surface area contributed by atoms with Crippen LogP contribution in [0.15, 0.2) is 73.9 Å². The second-order valence-corrected chi connectivity index (χ2v) is 6.36. The van der Waals surface area contributed by atoms with Crippen LogP contribution in [0, 0.1) is 19.1 Å². The van der Waals surface area contributed by atoms with Crippen LogP contribution >= 0.6 is 0 Å². The Balaban J connectivity index is 1.75. The first-order chi connectivity index (χ1) is 13.0. The maximum absolute atomic E-state index is 11.1. The minimum Gasteiger partial charge on any atom is -0.733 e. The number of rotatable bonds is 5. The van der Waals surface area contributed by atoms with Crippen molar-refractivity contribution in [2.45, 2.75) is 19.8 Å². The van der Waals surface area contributed by atoms with Crippen LogP contribution in [0.25, 0.3) is 11.3 Å². The third kappa shape index (κ3) is 3.40. The molecule has 0 radical (unpaired) electrons. The molecule has 0 unspecified atom stereocenters. The van der Waals surface area contributed by atoms with Crippen molar-refractivity contribution in [3.05, 3.63) is 94.7 Å². The maximum atomic E-state index is 11.1. The molecule has 4 rings (SSSR count). The van der Waals surface area contributed by atoms with Gasteiger partial charge in [-0.25, -0.2) is 0 Å². The fourth-order valence-corrected chi connectivity index (χ4v) is 3.08. The number of anilines is 1. The fourth-order valence-electron chi connectivity index (χ4n) is 3.08. The van der Waals surface area contributed by atoms with E-state index in [-0.39, 0.29) is 16.8 Å². The summed E-state index contributed by atoms with van der Waals surface area (Å²) in [7, 11) is 0. The van der Waals surface area contributed by atoms with E-state index in [0.717, 1.165) is 23.0 Å². The highest BCUT2D eigenvalue weighted by atomic mass is 16.8. The Kier molecular flexibility index (Phi) is 4.35. The highest BCUT2D eigenvalue weighted by molar-refractivity contribution is 5.64. The predicted octanol–water partition coefficient (Wildman–Crippen LogP) is 5.62. The lowest BCUT2D eigenvalue weighted by molar-refractivity contribution is 0.296. The van der Waals surface area contributed by atoms with Gasteiger partial charge in [0.2, 0.25) is 0 Å². The summed E-state index contributed by atoms with van der Waals surface area (Å²) < 4.78 is 17.7. The van der Waals surface area contributed by atoms with Crippen molar-refractivity contribution in [3.63, 3.8) is 0 Å². The van der Waals surface area contributed by atoms with Crippen LogP contribution in [0.5, 0.6) is 0 Å².